The van der Waals surface area contributed by atoms with Crippen LogP contribution in [0.25, 0.3) is 0 Å². The van der Waals surface area contributed by atoms with E-state index in [1.165, 1.54) is 31.4 Å². The van der Waals surface area contributed by atoms with Gasteiger partial charge in [0.25, 0.3) is 0 Å². The summed E-state index contributed by atoms with van der Waals surface area (Å²) in [4.78, 5) is 11.8. The van der Waals surface area contributed by atoms with Crippen molar-refractivity contribution in [3.63, 3.8) is 0 Å². The first kappa shape index (κ1) is 14.8. The van der Waals surface area contributed by atoms with Gasteiger partial charge in [0.2, 0.25) is 0 Å². The number of hydrogen-bond donors (Lipinski definition) is 3. The highest BCUT2D eigenvalue weighted by atomic mass is 19.1. The van der Waals surface area contributed by atoms with E-state index >= 15 is 0 Å². The van der Waals surface area contributed by atoms with Gasteiger partial charge in [0.05, 0.1) is 0 Å². The highest BCUT2D eigenvalue weighted by molar-refractivity contribution is 5.89. The van der Waals surface area contributed by atoms with Crippen LogP contribution in [0.3, 0.4) is 0 Å². The largest absolute Gasteiger partial charge is 0.337 e. The summed E-state index contributed by atoms with van der Waals surface area (Å²) >= 11 is 0. The highest BCUT2D eigenvalue weighted by Crippen LogP contribution is 2.34. The lowest BCUT2D eigenvalue weighted by Crippen LogP contribution is -2.44. The second-order valence-corrected chi connectivity index (χ2v) is 5.58. The molecule has 0 radical (unpaired) electrons. The minimum atomic E-state index is -0.367. The highest BCUT2D eigenvalue weighted by Gasteiger charge is 2.30. The van der Waals surface area contributed by atoms with E-state index in [-0.39, 0.29) is 17.3 Å². The fourth-order valence-electron chi connectivity index (χ4n) is 2.76. The lowest BCUT2D eigenvalue weighted by Gasteiger charge is -2.36. The normalized spacial score (nSPS) is 17.5. The molecule has 0 bridgehead atoms. The van der Waals surface area contributed by atoms with Gasteiger partial charge in [-0.2, -0.15) is 0 Å². The third kappa shape index (κ3) is 3.93. The van der Waals surface area contributed by atoms with Crippen molar-refractivity contribution >= 4 is 11.7 Å². The molecule has 4 N–H and O–H groups in total. The predicted molar refractivity (Wildman–Crippen MR) is 78.0 cm³/mol. The quantitative estimate of drug-likeness (QED) is 0.793. The Hall–Kier alpha value is -1.62. The number of anilines is 1. The zero-order chi connectivity index (χ0) is 14.4. The third-order valence-electron chi connectivity index (χ3n) is 4.05. The molecule has 2 rings (SSSR count). The number of nitrogens with one attached hydrogen (secondary N) is 2. The molecule has 4 nitrogen and oxygen atoms in total. The van der Waals surface area contributed by atoms with Crippen molar-refractivity contribution < 1.29 is 9.18 Å². The van der Waals surface area contributed by atoms with Crippen LogP contribution in [0.1, 0.15) is 32.1 Å². The van der Waals surface area contributed by atoms with E-state index < -0.39 is 0 Å². The molecule has 5 heteroatoms. The molecule has 0 aliphatic heterocycles. The Labute approximate surface area is 118 Å². The Balaban J connectivity index is 1.85. The van der Waals surface area contributed by atoms with Gasteiger partial charge in [-0.1, -0.05) is 25.3 Å². The summed E-state index contributed by atoms with van der Waals surface area (Å²) in [6, 6.07) is 5.54. The summed E-state index contributed by atoms with van der Waals surface area (Å²) in [5, 5.41) is 5.49. The van der Waals surface area contributed by atoms with Crippen LogP contribution in [0.15, 0.2) is 24.3 Å². The van der Waals surface area contributed by atoms with Gasteiger partial charge in [-0.05, 0) is 37.6 Å². The molecule has 2 amide bonds. The van der Waals surface area contributed by atoms with Crippen molar-refractivity contribution in [2.45, 2.75) is 32.1 Å². The average Bonchev–Trinajstić information content (AvgIpc) is 2.46. The van der Waals surface area contributed by atoms with Gasteiger partial charge in [0.15, 0.2) is 0 Å². The molecule has 0 spiro atoms. The molecule has 1 aliphatic carbocycles. The first-order valence-electron chi connectivity index (χ1n) is 7.14. The first-order valence-corrected chi connectivity index (χ1v) is 7.14. The number of amides is 2. The third-order valence-corrected chi connectivity index (χ3v) is 4.05. The van der Waals surface area contributed by atoms with Crippen LogP contribution in [0, 0.1) is 11.2 Å². The van der Waals surface area contributed by atoms with Crippen LogP contribution >= 0.6 is 0 Å². The molecule has 1 aromatic rings. The molecular weight excluding hydrogens is 257 g/mol. The van der Waals surface area contributed by atoms with Gasteiger partial charge in [0.1, 0.15) is 5.82 Å². The number of halogens is 1. The predicted octanol–water partition coefficient (Wildman–Crippen LogP) is 2.86. The van der Waals surface area contributed by atoms with Crippen LogP contribution in [-0.4, -0.2) is 19.1 Å². The Bertz CT molecular complexity index is 458. The van der Waals surface area contributed by atoms with Crippen LogP contribution < -0.4 is 16.4 Å². The number of hydrogen-bond acceptors (Lipinski definition) is 2. The molecule has 0 atom stereocenters. The van der Waals surface area contributed by atoms with Crippen molar-refractivity contribution in [3.05, 3.63) is 30.1 Å². The molecule has 0 saturated heterocycles. The van der Waals surface area contributed by atoms with E-state index in [4.69, 9.17) is 5.73 Å². The molecule has 1 fully saturated rings. The molecule has 0 unspecified atom stereocenters. The van der Waals surface area contributed by atoms with E-state index in [1.807, 2.05) is 0 Å². The fourth-order valence-corrected chi connectivity index (χ4v) is 2.76. The zero-order valence-electron chi connectivity index (χ0n) is 11.6. The minimum Gasteiger partial charge on any atom is -0.337 e. The van der Waals surface area contributed by atoms with Crippen molar-refractivity contribution in [1.29, 1.82) is 0 Å². The van der Waals surface area contributed by atoms with Crippen molar-refractivity contribution in [2.75, 3.05) is 18.4 Å². The number of urea groups is 1. The Kier molecular flexibility index (Phi) is 4.95. The first-order chi connectivity index (χ1) is 9.63. The monoisotopic (exact) mass is 279 g/mol. The molecular formula is C15H22FN3O. The van der Waals surface area contributed by atoms with E-state index in [0.717, 1.165) is 12.8 Å². The van der Waals surface area contributed by atoms with Gasteiger partial charge in [-0.15, -0.1) is 0 Å². The second-order valence-electron chi connectivity index (χ2n) is 5.58. The zero-order valence-corrected chi connectivity index (χ0v) is 11.6. The Morgan fingerprint density at radius 1 is 1.30 bits per heavy atom. The Morgan fingerprint density at radius 3 is 2.70 bits per heavy atom. The molecule has 110 valence electrons. The molecule has 0 aromatic heterocycles. The summed E-state index contributed by atoms with van der Waals surface area (Å²) in [6.45, 7) is 1.16. The van der Waals surface area contributed by atoms with Gasteiger partial charge in [0, 0.05) is 17.6 Å². The summed E-state index contributed by atoms with van der Waals surface area (Å²) < 4.78 is 13.0. The maximum atomic E-state index is 13.0. The lowest BCUT2D eigenvalue weighted by molar-refractivity contribution is 0.190. The minimum absolute atomic E-state index is 0.0253. The van der Waals surface area contributed by atoms with Crippen LogP contribution in [0.5, 0.6) is 0 Å². The van der Waals surface area contributed by atoms with E-state index in [2.05, 4.69) is 10.6 Å². The molecule has 20 heavy (non-hydrogen) atoms. The van der Waals surface area contributed by atoms with Crippen molar-refractivity contribution in [3.8, 4) is 0 Å². The summed E-state index contributed by atoms with van der Waals surface area (Å²) in [5.41, 5.74) is 6.35. The number of carbonyl (C=O) groups is 1. The van der Waals surface area contributed by atoms with Gasteiger partial charge in [-0.25, -0.2) is 9.18 Å². The molecule has 1 aliphatic rings. The SMILES string of the molecule is NCC1(CNC(=O)Nc2cccc(F)c2)CCCCC1. The number of benzene rings is 1. The summed E-state index contributed by atoms with van der Waals surface area (Å²) in [5.74, 6) is -0.367. The average molecular weight is 279 g/mol. The fraction of sp³-hybridized carbons (Fsp3) is 0.533. The topological polar surface area (TPSA) is 67.1 Å². The van der Waals surface area contributed by atoms with Crippen LogP contribution in [-0.2, 0) is 0 Å². The molecule has 1 saturated carbocycles. The van der Waals surface area contributed by atoms with Gasteiger partial charge < -0.3 is 16.4 Å². The Morgan fingerprint density at radius 2 is 2.05 bits per heavy atom. The lowest BCUT2D eigenvalue weighted by atomic mass is 9.74. The van der Waals surface area contributed by atoms with Crippen molar-refractivity contribution in [1.82, 2.24) is 5.32 Å². The van der Waals surface area contributed by atoms with E-state index in [0.29, 0.717) is 18.8 Å². The van der Waals surface area contributed by atoms with Gasteiger partial charge >= 0.3 is 6.03 Å². The van der Waals surface area contributed by atoms with Crippen LogP contribution in [0.2, 0.25) is 0 Å². The molecule has 1 aromatic carbocycles. The van der Waals surface area contributed by atoms with Crippen LogP contribution in [0.4, 0.5) is 14.9 Å². The smallest absolute Gasteiger partial charge is 0.319 e. The van der Waals surface area contributed by atoms with E-state index in [1.54, 1.807) is 12.1 Å². The number of rotatable bonds is 4. The maximum absolute atomic E-state index is 13.0. The summed E-state index contributed by atoms with van der Waals surface area (Å²) in [6.07, 6.45) is 5.71. The number of carbonyl (C=O) groups excluding carboxylic acids is 1. The number of nitrogens with two attached hydrogens (primary N) is 1. The second kappa shape index (κ2) is 6.70. The summed E-state index contributed by atoms with van der Waals surface area (Å²) in [7, 11) is 0. The van der Waals surface area contributed by atoms with Crippen molar-refractivity contribution in [2.24, 2.45) is 11.1 Å². The maximum Gasteiger partial charge on any atom is 0.319 e. The molecule has 0 heterocycles. The van der Waals surface area contributed by atoms with E-state index in [9.17, 15) is 9.18 Å². The van der Waals surface area contributed by atoms with Gasteiger partial charge in [-0.3, -0.25) is 0 Å². The standard InChI is InChI=1S/C15H22FN3O/c16-12-5-4-6-13(9-12)19-14(20)18-11-15(10-17)7-2-1-3-8-15/h4-6,9H,1-3,7-8,10-11,17H2,(H2,18,19,20).